The summed E-state index contributed by atoms with van der Waals surface area (Å²) in [4.78, 5) is 7.71. The quantitative estimate of drug-likeness (QED) is 0.716. The molecular weight excluding hydrogens is 238 g/mol. The zero-order chi connectivity index (χ0) is 12.0. The van der Waals surface area contributed by atoms with Gasteiger partial charge in [0, 0.05) is 0 Å². The van der Waals surface area contributed by atoms with Crippen LogP contribution >= 0.6 is 11.6 Å². The van der Waals surface area contributed by atoms with Gasteiger partial charge in [0.25, 0.3) is 0 Å². The van der Waals surface area contributed by atoms with E-state index in [-0.39, 0.29) is 0 Å². The van der Waals surface area contributed by atoms with Crippen LogP contribution in [0.4, 0.5) is 0 Å². The Hall–Kier alpha value is -1.81. The first-order chi connectivity index (χ1) is 8.16. The fourth-order valence-corrected chi connectivity index (χ4v) is 2.15. The van der Waals surface area contributed by atoms with Crippen LogP contribution in [0.5, 0.6) is 0 Å². The van der Waals surface area contributed by atoms with Crippen molar-refractivity contribution in [3.05, 3.63) is 34.7 Å². The van der Waals surface area contributed by atoms with Crippen molar-refractivity contribution in [3.8, 4) is 11.4 Å². The Morgan fingerprint density at radius 3 is 2.76 bits per heavy atom. The van der Waals surface area contributed by atoms with Crippen LogP contribution in [0, 0.1) is 13.8 Å². The number of benzene rings is 1. The second-order valence-electron chi connectivity index (χ2n) is 3.92. The summed E-state index contributed by atoms with van der Waals surface area (Å²) in [6.45, 7) is 3.75. The fraction of sp³-hybridized carbons (Fsp3) is 0.167. The molecule has 4 nitrogen and oxygen atoms in total. The second kappa shape index (κ2) is 3.60. The van der Waals surface area contributed by atoms with Crippen molar-refractivity contribution < 1.29 is 4.52 Å². The number of H-pyrrole nitrogens is 1. The van der Waals surface area contributed by atoms with E-state index >= 15 is 0 Å². The van der Waals surface area contributed by atoms with E-state index in [0.29, 0.717) is 5.02 Å². The van der Waals surface area contributed by atoms with Crippen molar-refractivity contribution in [2.45, 2.75) is 13.8 Å². The van der Waals surface area contributed by atoms with E-state index < -0.39 is 0 Å². The van der Waals surface area contributed by atoms with Gasteiger partial charge in [0.1, 0.15) is 17.1 Å². The molecule has 0 spiro atoms. The molecule has 0 fully saturated rings. The standard InChI is InChI=1S/C12H10ClN3O/c1-6-10(7(2)17-16-6)12-14-9-5-3-4-8(13)11(9)15-12/h3-5H,1-2H3,(H,14,15). The van der Waals surface area contributed by atoms with Crippen LogP contribution in [0.2, 0.25) is 5.02 Å². The summed E-state index contributed by atoms with van der Waals surface area (Å²) >= 11 is 6.09. The lowest BCUT2D eigenvalue weighted by Crippen LogP contribution is -1.83. The second-order valence-corrected chi connectivity index (χ2v) is 4.33. The van der Waals surface area contributed by atoms with Crippen molar-refractivity contribution in [2.24, 2.45) is 0 Å². The van der Waals surface area contributed by atoms with E-state index in [0.717, 1.165) is 33.9 Å². The molecule has 0 amide bonds. The van der Waals surface area contributed by atoms with Gasteiger partial charge in [0.15, 0.2) is 0 Å². The third kappa shape index (κ3) is 1.52. The maximum absolute atomic E-state index is 6.09. The van der Waals surface area contributed by atoms with Gasteiger partial charge in [0.2, 0.25) is 0 Å². The highest BCUT2D eigenvalue weighted by Gasteiger charge is 2.15. The zero-order valence-corrected chi connectivity index (χ0v) is 10.2. The van der Waals surface area contributed by atoms with Crippen LogP contribution in [0.25, 0.3) is 22.4 Å². The Labute approximate surface area is 103 Å². The molecule has 1 aromatic carbocycles. The Morgan fingerprint density at radius 1 is 1.29 bits per heavy atom. The molecule has 0 aliphatic heterocycles. The molecule has 0 radical (unpaired) electrons. The van der Waals surface area contributed by atoms with Gasteiger partial charge >= 0.3 is 0 Å². The van der Waals surface area contributed by atoms with Gasteiger partial charge in [0.05, 0.1) is 21.8 Å². The van der Waals surface area contributed by atoms with E-state index in [2.05, 4.69) is 15.1 Å². The van der Waals surface area contributed by atoms with Gasteiger partial charge in [-0.1, -0.05) is 22.8 Å². The number of fused-ring (bicyclic) bond motifs is 1. The average Bonchev–Trinajstić information content (AvgIpc) is 2.84. The summed E-state index contributed by atoms with van der Waals surface area (Å²) in [6, 6.07) is 5.65. The lowest BCUT2D eigenvalue weighted by atomic mass is 10.2. The summed E-state index contributed by atoms with van der Waals surface area (Å²) in [5, 5.41) is 4.55. The topological polar surface area (TPSA) is 54.7 Å². The van der Waals surface area contributed by atoms with Gasteiger partial charge in [-0.15, -0.1) is 0 Å². The number of aromatic amines is 1. The van der Waals surface area contributed by atoms with Crippen molar-refractivity contribution >= 4 is 22.6 Å². The molecule has 3 aromatic rings. The van der Waals surface area contributed by atoms with Crippen LogP contribution in [0.1, 0.15) is 11.5 Å². The highest BCUT2D eigenvalue weighted by atomic mass is 35.5. The normalized spacial score (nSPS) is 11.2. The highest BCUT2D eigenvalue weighted by molar-refractivity contribution is 6.35. The predicted octanol–water partition coefficient (Wildman–Crippen LogP) is 3.49. The predicted molar refractivity (Wildman–Crippen MR) is 66.1 cm³/mol. The molecule has 0 atom stereocenters. The van der Waals surface area contributed by atoms with Crippen molar-refractivity contribution in [2.75, 3.05) is 0 Å². The Balaban J connectivity index is 2.29. The Morgan fingerprint density at radius 2 is 2.12 bits per heavy atom. The van der Waals surface area contributed by atoms with Gasteiger partial charge in [-0.25, -0.2) is 4.98 Å². The van der Waals surface area contributed by atoms with E-state index in [1.165, 1.54) is 0 Å². The third-order valence-corrected chi connectivity index (χ3v) is 3.04. The number of aryl methyl sites for hydroxylation is 2. The van der Waals surface area contributed by atoms with Crippen molar-refractivity contribution in [3.63, 3.8) is 0 Å². The molecule has 0 saturated carbocycles. The van der Waals surface area contributed by atoms with Gasteiger partial charge < -0.3 is 9.51 Å². The molecule has 2 heterocycles. The number of halogens is 1. The Bertz CT molecular complexity index is 679. The lowest BCUT2D eigenvalue weighted by molar-refractivity contribution is 0.393. The number of nitrogens with one attached hydrogen (secondary N) is 1. The maximum Gasteiger partial charge on any atom is 0.144 e. The number of para-hydroxylation sites is 1. The Kier molecular flexibility index (Phi) is 2.19. The first-order valence-corrected chi connectivity index (χ1v) is 5.62. The molecule has 0 bridgehead atoms. The number of nitrogens with zero attached hydrogens (tertiary/aromatic N) is 2. The summed E-state index contributed by atoms with van der Waals surface area (Å²) in [5.74, 6) is 1.49. The maximum atomic E-state index is 6.09. The van der Waals surface area contributed by atoms with E-state index in [4.69, 9.17) is 16.1 Å². The van der Waals surface area contributed by atoms with Gasteiger partial charge in [-0.3, -0.25) is 0 Å². The van der Waals surface area contributed by atoms with Crippen molar-refractivity contribution in [1.29, 1.82) is 0 Å². The number of hydrogen-bond donors (Lipinski definition) is 1. The molecule has 0 aliphatic carbocycles. The van der Waals surface area contributed by atoms with Crippen LogP contribution in [0.3, 0.4) is 0 Å². The summed E-state index contributed by atoms with van der Waals surface area (Å²) in [7, 11) is 0. The SMILES string of the molecule is Cc1noc(C)c1-c1nc2c(Cl)cccc2[nH]1. The molecule has 86 valence electrons. The van der Waals surface area contributed by atoms with E-state index in [9.17, 15) is 0 Å². The minimum Gasteiger partial charge on any atom is -0.361 e. The molecule has 0 unspecified atom stereocenters. The average molecular weight is 248 g/mol. The van der Waals surface area contributed by atoms with E-state index in [1.807, 2.05) is 32.0 Å². The molecule has 2 aromatic heterocycles. The van der Waals surface area contributed by atoms with E-state index in [1.54, 1.807) is 0 Å². The summed E-state index contributed by atoms with van der Waals surface area (Å²) < 4.78 is 5.13. The summed E-state index contributed by atoms with van der Waals surface area (Å²) in [6.07, 6.45) is 0. The number of imidazole rings is 1. The molecular formula is C12H10ClN3O. The number of hydrogen-bond acceptors (Lipinski definition) is 3. The monoisotopic (exact) mass is 247 g/mol. The van der Waals surface area contributed by atoms with Crippen LogP contribution < -0.4 is 0 Å². The lowest BCUT2D eigenvalue weighted by Gasteiger charge is -1.92. The third-order valence-electron chi connectivity index (χ3n) is 2.73. The van der Waals surface area contributed by atoms with Crippen molar-refractivity contribution in [1.82, 2.24) is 15.1 Å². The largest absolute Gasteiger partial charge is 0.361 e. The first-order valence-electron chi connectivity index (χ1n) is 5.24. The molecule has 1 N–H and O–H groups in total. The molecule has 0 aliphatic rings. The number of rotatable bonds is 1. The smallest absolute Gasteiger partial charge is 0.144 e. The first kappa shape index (κ1) is 10.4. The summed E-state index contributed by atoms with van der Waals surface area (Å²) in [5.41, 5.74) is 3.40. The van der Waals surface area contributed by atoms with Crippen LogP contribution in [-0.4, -0.2) is 15.1 Å². The van der Waals surface area contributed by atoms with Gasteiger partial charge in [-0.2, -0.15) is 0 Å². The highest BCUT2D eigenvalue weighted by Crippen LogP contribution is 2.28. The van der Waals surface area contributed by atoms with Crippen LogP contribution in [-0.2, 0) is 0 Å². The molecule has 3 rings (SSSR count). The molecule has 17 heavy (non-hydrogen) atoms. The number of aromatic nitrogens is 3. The fourth-order valence-electron chi connectivity index (χ4n) is 1.94. The zero-order valence-electron chi connectivity index (χ0n) is 9.41. The minimum atomic E-state index is 0.636. The van der Waals surface area contributed by atoms with Gasteiger partial charge in [-0.05, 0) is 26.0 Å². The van der Waals surface area contributed by atoms with Crippen LogP contribution in [0.15, 0.2) is 22.7 Å². The minimum absolute atomic E-state index is 0.636. The molecule has 5 heteroatoms. The molecule has 0 saturated heterocycles.